The number of rotatable bonds is 6. The third-order valence-electron chi connectivity index (χ3n) is 3.71. The Morgan fingerprint density at radius 3 is 2.65 bits per heavy atom. The molecule has 1 aromatic carbocycles. The Balaban J connectivity index is 2.19. The number of hydrogen-bond acceptors (Lipinski definition) is 3. The van der Waals surface area contributed by atoms with Crippen molar-refractivity contribution in [2.45, 2.75) is 25.9 Å². The molecule has 20 heavy (non-hydrogen) atoms. The predicted molar refractivity (Wildman–Crippen MR) is 83.3 cm³/mol. The summed E-state index contributed by atoms with van der Waals surface area (Å²) in [6.45, 7) is 3.66. The van der Waals surface area contributed by atoms with Gasteiger partial charge in [-0.15, -0.1) is 0 Å². The van der Waals surface area contributed by atoms with Gasteiger partial charge in [0.05, 0.1) is 0 Å². The summed E-state index contributed by atoms with van der Waals surface area (Å²) in [6.07, 6.45) is 4.75. The Bertz CT molecular complexity index is 525. The highest BCUT2D eigenvalue weighted by Crippen LogP contribution is 2.24. The summed E-state index contributed by atoms with van der Waals surface area (Å²) >= 11 is 0. The molecule has 0 saturated heterocycles. The molecule has 1 aromatic heterocycles. The maximum absolute atomic E-state index is 6.03. The van der Waals surface area contributed by atoms with Crippen LogP contribution in [0, 0.1) is 0 Å². The average Bonchev–Trinajstić information content (AvgIpc) is 2.49. The fourth-order valence-electron chi connectivity index (χ4n) is 2.62. The molecule has 3 heteroatoms. The van der Waals surface area contributed by atoms with Gasteiger partial charge in [0.15, 0.2) is 0 Å². The first-order chi connectivity index (χ1) is 9.76. The second-order valence-electron chi connectivity index (χ2n) is 5.08. The lowest BCUT2D eigenvalue weighted by Gasteiger charge is -2.29. The van der Waals surface area contributed by atoms with Gasteiger partial charge in [0.1, 0.15) is 0 Å². The van der Waals surface area contributed by atoms with Crippen LogP contribution in [0.1, 0.15) is 29.7 Å². The molecule has 1 heterocycles. The normalized spacial score (nSPS) is 12.6. The van der Waals surface area contributed by atoms with Gasteiger partial charge >= 0.3 is 0 Å². The van der Waals surface area contributed by atoms with Crippen molar-refractivity contribution in [1.82, 2.24) is 9.88 Å². The van der Waals surface area contributed by atoms with Gasteiger partial charge in [-0.3, -0.25) is 9.88 Å². The SMILES string of the molecule is CCc1ccccc1C(CN)N(C)Cc1cccnc1. The monoisotopic (exact) mass is 269 g/mol. The minimum absolute atomic E-state index is 0.242. The summed E-state index contributed by atoms with van der Waals surface area (Å²) < 4.78 is 0. The van der Waals surface area contributed by atoms with Gasteiger partial charge in [-0.2, -0.15) is 0 Å². The maximum Gasteiger partial charge on any atom is 0.0473 e. The lowest BCUT2D eigenvalue weighted by atomic mass is 9.97. The Labute approximate surface area is 121 Å². The van der Waals surface area contributed by atoms with E-state index in [2.05, 4.69) is 54.2 Å². The van der Waals surface area contributed by atoms with Gasteiger partial charge in [0.2, 0.25) is 0 Å². The van der Waals surface area contributed by atoms with Crippen LogP contribution in [0.15, 0.2) is 48.8 Å². The highest BCUT2D eigenvalue weighted by atomic mass is 15.1. The molecule has 0 aliphatic heterocycles. The van der Waals surface area contributed by atoms with Crippen molar-refractivity contribution in [3.8, 4) is 0 Å². The highest BCUT2D eigenvalue weighted by Gasteiger charge is 2.17. The molecule has 0 spiro atoms. The lowest BCUT2D eigenvalue weighted by Crippen LogP contribution is -2.31. The van der Waals surface area contributed by atoms with Crippen LogP contribution in [0.4, 0.5) is 0 Å². The minimum Gasteiger partial charge on any atom is -0.329 e. The van der Waals surface area contributed by atoms with Crippen LogP contribution in [0.5, 0.6) is 0 Å². The first-order valence-electron chi connectivity index (χ1n) is 7.13. The van der Waals surface area contributed by atoms with Gasteiger partial charge in [-0.1, -0.05) is 37.3 Å². The van der Waals surface area contributed by atoms with Gasteiger partial charge in [0, 0.05) is 31.5 Å². The molecule has 1 unspecified atom stereocenters. The molecule has 0 saturated carbocycles. The van der Waals surface area contributed by atoms with E-state index < -0.39 is 0 Å². The number of nitrogens with two attached hydrogens (primary N) is 1. The molecule has 1 atom stereocenters. The summed E-state index contributed by atoms with van der Waals surface area (Å²) in [6, 6.07) is 12.9. The van der Waals surface area contributed by atoms with E-state index in [-0.39, 0.29) is 6.04 Å². The number of nitrogens with zero attached hydrogens (tertiary/aromatic N) is 2. The second-order valence-corrected chi connectivity index (χ2v) is 5.08. The smallest absolute Gasteiger partial charge is 0.0473 e. The van der Waals surface area contributed by atoms with E-state index in [0.717, 1.165) is 13.0 Å². The van der Waals surface area contributed by atoms with E-state index in [1.54, 1.807) is 6.20 Å². The van der Waals surface area contributed by atoms with Crippen LogP contribution in [0.3, 0.4) is 0 Å². The van der Waals surface area contributed by atoms with Crippen LogP contribution in [0.25, 0.3) is 0 Å². The van der Waals surface area contributed by atoms with Crippen LogP contribution in [-0.2, 0) is 13.0 Å². The molecule has 2 aromatic rings. The Morgan fingerprint density at radius 2 is 2.00 bits per heavy atom. The molecular formula is C17H23N3. The topological polar surface area (TPSA) is 42.1 Å². The van der Waals surface area contributed by atoms with Crippen molar-refractivity contribution in [2.24, 2.45) is 5.73 Å². The van der Waals surface area contributed by atoms with Crippen molar-refractivity contribution in [3.63, 3.8) is 0 Å². The van der Waals surface area contributed by atoms with E-state index in [1.165, 1.54) is 16.7 Å². The molecule has 0 fully saturated rings. The Morgan fingerprint density at radius 1 is 1.20 bits per heavy atom. The number of likely N-dealkylation sites (N-methyl/N-ethyl adjacent to an activating group) is 1. The number of aryl methyl sites for hydroxylation is 1. The number of pyridine rings is 1. The fourth-order valence-corrected chi connectivity index (χ4v) is 2.62. The van der Waals surface area contributed by atoms with Crippen molar-refractivity contribution in [2.75, 3.05) is 13.6 Å². The van der Waals surface area contributed by atoms with Crippen LogP contribution in [0.2, 0.25) is 0 Å². The lowest BCUT2D eigenvalue weighted by molar-refractivity contribution is 0.240. The van der Waals surface area contributed by atoms with E-state index in [9.17, 15) is 0 Å². The molecule has 0 bridgehead atoms. The van der Waals surface area contributed by atoms with Crippen molar-refractivity contribution in [3.05, 3.63) is 65.5 Å². The summed E-state index contributed by atoms with van der Waals surface area (Å²) in [5.74, 6) is 0. The van der Waals surface area contributed by atoms with Crippen LogP contribution in [-0.4, -0.2) is 23.5 Å². The highest BCUT2D eigenvalue weighted by molar-refractivity contribution is 5.30. The van der Waals surface area contributed by atoms with Crippen molar-refractivity contribution in [1.29, 1.82) is 0 Å². The van der Waals surface area contributed by atoms with Gasteiger partial charge in [-0.25, -0.2) is 0 Å². The summed E-state index contributed by atoms with van der Waals surface area (Å²) in [4.78, 5) is 6.47. The van der Waals surface area contributed by atoms with E-state index in [4.69, 9.17) is 5.73 Å². The standard InChI is InChI=1S/C17H23N3/c1-3-15-8-4-5-9-16(15)17(11-18)20(2)13-14-7-6-10-19-12-14/h4-10,12,17H,3,11,13,18H2,1-2H3. The van der Waals surface area contributed by atoms with Gasteiger partial charge < -0.3 is 5.73 Å². The van der Waals surface area contributed by atoms with E-state index in [0.29, 0.717) is 6.54 Å². The van der Waals surface area contributed by atoms with E-state index >= 15 is 0 Å². The quantitative estimate of drug-likeness (QED) is 0.877. The first-order valence-corrected chi connectivity index (χ1v) is 7.13. The van der Waals surface area contributed by atoms with Crippen molar-refractivity contribution >= 4 is 0 Å². The molecular weight excluding hydrogens is 246 g/mol. The van der Waals surface area contributed by atoms with Crippen LogP contribution < -0.4 is 5.73 Å². The molecule has 3 nitrogen and oxygen atoms in total. The zero-order valence-electron chi connectivity index (χ0n) is 12.3. The number of benzene rings is 1. The largest absolute Gasteiger partial charge is 0.329 e. The minimum atomic E-state index is 0.242. The molecule has 0 aliphatic carbocycles. The summed E-state index contributed by atoms with van der Waals surface area (Å²) in [5, 5.41) is 0. The van der Waals surface area contributed by atoms with E-state index in [1.807, 2.05) is 12.3 Å². The fraction of sp³-hybridized carbons (Fsp3) is 0.353. The molecule has 0 aliphatic rings. The average molecular weight is 269 g/mol. The number of aromatic nitrogens is 1. The zero-order chi connectivity index (χ0) is 14.4. The predicted octanol–water partition coefficient (Wildman–Crippen LogP) is 2.78. The molecule has 106 valence electrons. The zero-order valence-corrected chi connectivity index (χ0v) is 12.3. The van der Waals surface area contributed by atoms with Crippen molar-refractivity contribution < 1.29 is 0 Å². The molecule has 0 radical (unpaired) electrons. The summed E-state index contributed by atoms with van der Waals surface area (Å²) in [5.41, 5.74) is 9.95. The molecule has 2 rings (SSSR count). The number of hydrogen-bond donors (Lipinski definition) is 1. The van der Waals surface area contributed by atoms with Gasteiger partial charge in [0.25, 0.3) is 0 Å². The third kappa shape index (κ3) is 3.44. The Hall–Kier alpha value is -1.71. The molecule has 0 amide bonds. The van der Waals surface area contributed by atoms with Gasteiger partial charge in [-0.05, 0) is 36.2 Å². The first kappa shape index (κ1) is 14.7. The third-order valence-corrected chi connectivity index (χ3v) is 3.71. The summed E-state index contributed by atoms with van der Waals surface area (Å²) in [7, 11) is 2.12. The maximum atomic E-state index is 6.03. The van der Waals surface area contributed by atoms with Crippen LogP contribution >= 0.6 is 0 Å². The second kappa shape index (κ2) is 7.17. The molecule has 2 N–H and O–H groups in total. The Kier molecular flexibility index (Phi) is 5.27.